The molecule has 0 atom stereocenters. The lowest BCUT2D eigenvalue weighted by molar-refractivity contribution is 0.194. The Labute approximate surface area is 128 Å². The fourth-order valence-electron chi connectivity index (χ4n) is 2.47. The highest BCUT2D eigenvalue weighted by Gasteiger charge is 2.14. The zero-order chi connectivity index (χ0) is 15.7. The van der Waals surface area contributed by atoms with Crippen LogP contribution < -0.4 is 5.32 Å². The van der Waals surface area contributed by atoms with Gasteiger partial charge in [-0.1, -0.05) is 35.9 Å². The van der Waals surface area contributed by atoms with Crippen molar-refractivity contribution < 1.29 is 9.90 Å². The van der Waals surface area contributed by atoms with Crippen LogP contribution in [0.4, 0.5) is 4.79 Å². The highest BCUT2D eigenvalue weighted by Crippen LogP contribution is 2.25. The standard InChI is InChI=1S/C17H17N3O2/c1-11-3-6-13(7-4-11)16-14(9-18-17(21)22)20-10-12(2)5-8-15(20)19-16/h3-8,10,18H,9H2,1-2H3,(H,21,22). The number of imidazole rings is 1. The van der Waals surface area contributed by atoms with Gasteiger partial charge in [-0.3, -0.25) is 0 Å². The van der Waals surface area contributed by atoms with Gasteiger partial charge in [0.1, 0.15) is 5.65 Å². The van der Waals surface area contributed by atoms with Crippen LogP contribution in [0.15, 0.2) is 42.6 Å². The van der Waals surface area contributed by atoms with E-state index in [-0.39, 0.29) is 6.54 Å². The lowest BCUT2D eigenvalue weighted by atomic mass is 10.1. The van der Waals surface area contributed by atoms with Gasteiger partial charge in [0, 0.05) is 11.8 Å². The molecule has 2 heterocycles. The van der Waals surface area contributed by atoms with E-state index in [1.807, 2.05) is 60.8 Å². The minimum absolute atomic E-state index is 0.211. The van der Waals surface area contributed by atoms with E-state index < -0.39 is 6.09 Å². The van der Waals surface area contributed by atoms with E-state index >= 15 is 0 Å². The zero-order valence-electron chi connectivity index (χ0n) is 12.5. The van der Waals surface area contributed by atoms with E-state index in [1.165, 1.54) is 5.56 Å². The highest BCUT2D eigenvalue weighted by atomic mass is 16.4. The minimum Gasteiger partial charge on any atom is -0.465 e. The molecule has 5 nitrogen and oxygen atoms in total. The quantitative estimate of drug-likeness (QED) is 0.778. The number of fused-ring (bicyclic) bond motifs is 1. The molecular weight excluding hydrogens is 278 g/mol. The number of pyridine rings is 1. The molecule has 112 valence electrons. The third-order valence-electron chi connectivity index (χ3n) is 3.60. The van der Waals surface area contributed by atoms with Crippen LogP contribution in [0, 0.1) is 13.8 Å². The third-order valence-corrected chi connectivity index (χ3v) is 3.60. The van der Waals surface area contributed by atoms with Gasteiger partial charge < -0.3 is 14.8 Å². The highest BCUT2D eigenvalue weighted by molar-refractivity contribution is 5.69. The third kappa shape index (κ3) is 2.65. The molecule has 1 amide bonds. The summed E-state index contributed by atoms with van der Waals surface area (Å²) in [6, 6.07) is 12.0. The number of hydrogen-bond acceptors (Lipinski definition) is 2. The van der Waals surface area contributed by atoms with Crippen molar-refractivity contribution in [3.63, 3.8) is 0 Å². The van der Waals surface area contributed by atoms with Crippen LogP contribution in [-0.4, -0.2) is 20.6 Å². The SMILES string of the molecule is Cc1ccc(-c2nc3ccc(C)cn3c2CNC(=O)O)cc1. The summed E-state index contributed by atoms with van der Waals surface area (Å²) in [5.74, 6) is 0. The van der Waals surface area contributed by atoms with Crippen LogP contribution in [0.3, 0.4) is 0 Å². The van der Waals surface area contributed by atoms with Gasteiger partial charge in [-0.2, -0.15) is 0 Å². The van der Waals surface area contributed by atoms with Crippen LogP contribution in [0.5, 0.6) is 0 Å². The van der Waals surface area contributed by atoms with E-state index in [9.17, 15) is 4.79 Å². The maximum atomic E-state index is 10.8. The molecule has 2 N–H and O–H groups in total. The molecule has 3 aromatic rings. The number of aromatic nitrogens is 2. The van der Waals surface area contributed by atoms with Gasteiger partial charge in [0.2, 0.25) is 0 Å². The largest absolute Gasteiger partial charge is 0.465 e. The number of carboxylic acid groups (broad SMARTS) is 1. The normalized spacial score (nSPS) is 10.8. The maximum Gasteiger partial charge on any atom is 0.404 e. The lowest BCUT2D eigenvalue weighted by Gasteiger charge is -2.06. The number of benzene rings is 1. The minimum atomic E-state index is -1.04. The van der Waals surface area contributed by atoms with E-state index in [0.717, 1.165) is 28.2 Å². The first-order valence-corrected chi connectivity index (χ1v) is 7.06. The number of carbonyl (C=O) groups is 1. The number of amides is 1. The van der Waals surface area contributed by atoms with E-state index in [1.54, 1.807) is 0 Å². The fraction of sp³-hybridized carbons (Fsp3) is 0.176. The summed E-state index contributed by atoms with van der Waals surface area (Å²) in [7, 11) is 0. The molecule has 0 saturated carbocycles. The molecule has 0 bridgehead atoms. The smallest absolute Gasteiger partial charge is 0.404 e. The predicted octanol–water partition coefficient (Wildman–Crippen LogP) is 3.39. The van der Waals surface area contributed by atoms with Crippen molar-refractivity contribution in [2.24, 2.45) is 0 Å². The van der Waals surface area contributed by atoms with Gasteiger partial charge in [-0.25, -0.2) is 9.78 Å². The van der Waals surface area contributed by atoms with Crippen LogP contribution in [0.1, 0.15) is 16.8 Å². The molecule has 22 heavy (non-hydrogen) atoms. The summed E-state index contributed by atoms with van der Waals surface area (Å²) in [4.78, 5) is 15.5. The Kier molecular flexibility index (Phi) is 3.55. The van der Waals surface area contributed by atoms with Crippen LogP contribution >= 0.6 is 0 Å². The summed E-state index contributed by atoms with van der Waals surface area (Å²) in [6.07, 6.45) is 0.927. The average molecular weight is 295 g/mol. The molecule has 0 aliphatic rings. The van der Waals surface area contributed by atoms with E-state index in [2.05, 4.69) is 10.3 Å². The molecule has 3 rings (SSSR count). The van der Waals surface area contributed by atoms with Crippen molar-refractivity contribution in [2.75, 3.05) is 0 Å². The van der Waals surface area contributed by atoms with Crippen molar-refractivity contribution in [3.05, 3.63) is 59.4 Å². The first kappa shape index (κ1) is 14.1. The molecule has 0 fully saturated rings. The number of nitrogens with one attached hydrogen (secondary N) is 1. The van der Waals surface area contributed by atoms with Crippen molar-refractivity contribution in [2.45, 2.75) is 20.4 Å². The first-order chi connectivity index (χ1) is 10.5. The van der Waals surface area contributed by atoms with Crippen LogP contribution in [0.2, 0.25) is 0 Å². The van der Waals surface area contributed by atoms with Crippen molar-refractivity contribution in [1.29, 1.82) is 0 Å². The molecule has 1 aromatic carbocycles. The Morgan fingerprint density at radius 1 is 1.14 bits per heavy atom. The Morgan fingerprint density at radius 2 is 1.82 bits per heavy atom. The Bertz CT molecular complexity index is 835. The Morgan fingerprint density at radius 3 is 2.50 bits per heavy atom. The Balaban J connectivity index is 2.16. The number of aryl methyl sites for hydroxylation is 2. The summed E-state index contributed by atoms with van der Waals surface area (Å²) in [6.45, 7) is 4.24. The maximum absolute atomic E-state index is 10.8. The van der Waals surface area contributed by atoms with E-state index in [0.29, 0.717) is 0 Å². The van der Waals surface area contributed by atoms with Gasteiger partial charge in [0.05, 0.1) is 17.9 Å². The van der Waals surface area contributed by atoms with Crippen LogP contribution in [0.25, 0.3) is 16.9 Å². The summed E-state index contributed by atoms with van der Waals surface area (Å²) in [5.41, 5.74) is 5.70. The van der Waals surface area contributed by atoms with Gasteiger partial charge in [0.25, 0.3) is 0 Å². The summed E-state index contributed by atoms with van der Waals surface area (Å²) < 4.78 is 1.94. The number of rotatable bonds is 3. The van der Waals surface area contributed by atoms with Gasteiger partial charge in [0.15, 0.2) is 0 Å². The van der Waals surface area contributed by atoms with Crippen LogP contribution in [-0.2, 0) is 6.54 Å². The zero-order valence-corrected chi connectivity index (χ0v) is 12.5. The monoisotopic (exact) mass is 295 g/mol. The molecule has 2 aromatic heterocycles. The second-order valence-electron chi connectivity index (χ2n) is 5.37. The molecule has 0 aliphatic carbocycles. The Hall–Kier alpha value is -2.82. The average Bonchev–Trinajstić information content (AvgIpc) is 2.83. The van der Waals surface area contributed by atoms with E-state index in [4.69, 9.17) is 5.11 Å². The topological polar surface area (TPSA) is 66.6 Å². The number of nitrogens with zero attached hydrogens (tertiary/aromatic N) is 2. The molecule has 0 spiro atoms. The van der Waals surface area contributed by atoms with Crippen molar-refractivity contribution >= 4 is 11.7 Å². The van der Waals surface area contributed by atoms with Crippen molar-refractivity contribution in [3.8, 4) is 11.3 Å². The van der Waals surface area contributed by atoms with Gasteiger partial charge >= 0.3 is 6.09 Å². The summed E-state index contributed by atoms with van der Waals surface area (Å²) in [5, 5.41) is 11.3. The van der Waals surface area contributed by atoms with Gasteiger partial charge in [-0.05, 0) is 25.5 Å². The van der Waals surface area contributed by atoms with Gasteiger partial charge in [-0.15, -0.1) is 0 Å². The number of hydrogen-bond donors (Lipinski definition) is 2. The molecule has 0 radical (unpaired) electrons. The van der Waals surface area contributed by atoms with Crippen molar-refractivity contribution in [1.82, 2.24) is 14.7 Å². The predicted molar refractivity (Wildman–Crippen MR) is 85.0 cm³/mol. The molecule has 0 aliphatic heterocycles. The summed E-state index contributed by atoms with van der Waals surface area (Å²) >= 11 is 0. The lowest BCUT2D eigenvalue weighted by Crippen LogP contribution is -2.21. The molecular formula is C17H17N3O2. The molecule has 0 saturated heterocycles. The molecule has 0 unspecified atom stereocenters. The molecule has 5 heteroatoms. The second-order valence-corrected chi connectivity index (χ2v) is 5.37. The fourth-order valence-corrected chi connectivity index (χ4v) is 2.47. The first-order valence-electron chi connectivity index (χ1n) is 7.06. The second kappa shape index (κ2) is 5.52.